The normalized spacial score (nSPS) is 12.0. The highest BCUT2D eigenvalue weighted by atomic mass is 16.2. The lowest BCUT2D eigenvalue weighted by Gasteiger charge is -1.94. The van der Waals surface area contributed by atoms with Gasteiger partial charge in [0.15, 0.2) is 0 Å². The van der Waals surface area contributed by atoms with Gasteiger partial charge in [-0.25, -0.2) is 0 Å². The van der Waals surface area contributed by atoms with Gasteiger partial charge in [0, 0.05) is 6.61 Å². The summed E-state index contributed by atoms with van der Waals surface area (Å²) >= 11 is 0. The number of carbonyl (C=O) groups excluding carboxylic acids is 1. The SMILES string of the molecule is N#CC(C=O)CCCO. The van der Waals surface area contributed by atoms with Crippen molar-refractivity contribution in [3.8, 4) is 6.07 Å². The molecule has 0 rings (SSSR count). The number of nitriles is 1. The van der Waals surface area contributed by atoms with Crippen molar-refractivity contribution in [3.63, 3.8) is 0 Å². The maximum atomic E-state index is 9.94. The fourth-order valence-corrected chi connectivity index (χ4v) is 0.474. The van der Waals surface area contributed by atoms with E-state index in [0.29, 0.717) is 19.1 Å². The van der Waals surface area contributed by atoms with E-state index in [1.54, 1.807) is 0 Å². The first-order chi connectivity index (χ1) is 4.35. The van der Waals surface area contributed by atoms with Crippen LogP contribution in [0.1, 0.15) is 12.8 Å². The molecule has 0 fully saturated rings. The quantitative estimate of drug-likeness (QED) is 0.545. The molecule has 0 saturated heterocycles. The Bertz CT molecular complexity index is 117. The van der Waals surface area contributed by atoms with E-state index in [1.807, 2.05) is 6.07 Å². The second-order valence-electron chi connectivity index (χ2n) is 1.74. The Morgan fingerprint density at radius 3 is 2.78 bits per heavy atom. The lowest BCUT2D eigenvalue weighted by atomic mass is 10.1. The van der Waals surface area contributed by atoms with Gasteiger partial charge in [0.25, 0.3) is 0 Å². The van der Waals surface area contributed by atoms with Crippen LogP contribution in [0.2, 0.25) is 0 Å². The van der Waals surface area contributed by atoms with Gasteiger partial charge >= 0.3 is 0 Å². The van der Waals surface area contributed by atoms with Crippen LogP contribution in [-0.2, 0) is 4.79 Å². The average Bonchev–Trinajstić information content (AvgIpc) is 1.91. The Labute approximate surface area is 53.9 Å². The van der Waals surface area contributed by atoms with E-state index < -0.39 is 5.92 Å². The van der Waals surface area contributed by atoms with Gasteiger partial charge in [0.1, 0.15) is 12.2 Å². The molecule has 0 heterocycles. The third kappa shape index (κ3) is 3.68. The minimum absolute atomic E-state index is 0.0476. The molecule has 0 spiro atoms. The summed E-state index contributed by atoms with van der Waals surface area (Å²) in [5.41, 5.74) is 0. The monoisotopic (exact) mass is 127 g/mol. The van der Waals surface area contributed by atoms with Crippen LogP contribution in [0, 0.1) is 17.2 Å². The minimum atomic E-state index is -0.530. The lowest BCUT2D eigenvalue weighted by Crippen LogP contribution is -1.98. The molecule has 1 unspecified atom stereocenters. The number of aldehydes is 1. The Balaban J connectivity index is 3.34. The molecule has 0 aromatic rings. The molecule has 0 bridgehead atoms. The molecule has 0 aromatic heterocycles. The van der Waals surface area contributed by atoms with E-state index in [4.69, 9.17) is 10.4 Å². The number of aliphatic hydroxyl groups is 1. The second-order valence-corrected chi connectivity index (χ2v) is 1.74. The molecule has 9 heavy (non-hydrogen) atoms. The number of rotatable bonds is 4. The first-order valence-electron chi connectivity index (χ1n) is 2.81. The van der Waals surface area contributed by atoms with Crippen LogP contribution in [-0.4, -0.2) is 18.0 Å². The van der Waals surface area contributed by atoms with Crippen LogP contribution < -0.4 is 0 Å². The summed E-state index contributed by atoms with van der Waals surface area (Å²) in [7, 11) is 0. The van der Waals surface area contributed by atoms with Gasteiger partial charge in [-0.3, -0.25) is 0 Å². The highest BCUT2D eigenvalue weighted by Gasteiger charge is 2.02. The fourth-order valence-electron chi connectivity index (χ4n) is 0.474. The summed E-state index contributed by atoms with van der Waals surface area (Å²) in [5, 5.41) is 16.5. The van der Waals surface area contributed by atoms with Crippen molar-refractivity contribution < 1.29 is 9.90 Å². The zero-order valence-corrected chi connectivity index (χ0v) is 5.08. The van der Waals surface area contributed by atoms with Gasteiger partial charge in [-0.15, -0.1) is 0 Å². The van der Waals surface area contributed by atoms with Gasteiger partial charge in [-0.05, 0) is 12.8 Å². The van der Waals surface area contributed by atoms with Crippen LogP contribution in [0.25, 0.3) is 0 Å². The van der Waals surface area contributed by atoms with E-state index in [-0.39, 0.29) is 6.61 Å². The minimum Gasteiger partial charge on any atom is -0.396 e. The Morgan fingerprint density at radius 1 is 1.78 bits per heavy atom. The molecule has 3 heteroatoms. The molecule has 0 saturated carbocycles. The number of aliphatic hydroxyl groups excluding tert-OH is 1. The topological polar surface area (TPSA) is 61.1 Å². The smallest absolute Gasteiger partial charge is 0.137 e. The predicted molar refractivity (Wildman–Crippen MR) is 31.5 cm³/mol. The van der Waals surface area contributed by atoms with E-state index >= 15 is 0 Å². The maximum Gasteiger partial charge on any atom is 0.137 e. The second kappa shape index (κ2) is 5.26. The van der Waals surface area contributed by atoms with Gasteiger partial charge in [-0.1, -0.05) is 0 Å². The zero-order chi connectivity index (χ0) is 7.11. The van der Waals surface area contributed by atoms with E-state index in [2.05, 4.69) is 0 Å². The van der Waals surface area contributed by atoms with Crippen LogP contribution in [0.15, 0.2) is 0 Å². The van der Waals surface area contributed by atoms with E-state index in [0.717, 1.165) is 0 Å². The zero-order valence-electron chi connectivity index (χ0n) is 5.08. The average molecular weight is 127 g/mol. The largest absolute Gasteiger partial charge is 0.396 e. The third-order valence-corrected chi connectivity index (χ3v) is 1.00. The first kappa shape index (κ1) is 8.12. The summed E-state index contributed by atoms with van der Waals surface area (Å²) in [4.78, 5) is 9.94. The summed E-state index contributed by atoms with van der Waals surface area (Å²) in [6.45, 7) is 0.0476. The summed E-state index contributed by atoms with van der Waals surface area (Å²) in [5.74, 6) is -0.530. The molecule has 50 valence electrons. The number of hydrogen-bond donors (Lipinski definition) is 1. The molecular weight excluding hydrogens is 118 g/mol. The molecule has 0 aromatic carbocycles. The van der Waals surface area contributed by atoms with Gasteiger partial charge in [-0.2, -0.15) is 5.26 Å². The standard InChI is InChI=1S/C6H9NO2/c7-4-6(5-9)2-1-3-8/h5-6,8H,1-3H2. The molecule has 0 aliphatic rings. The molecule has 0 amide bonds. The Kier molecular flexibility index (Phi) is 4.75. The van der Waals surface area contributed by atoms with Gasteiger partial charge in [0.2, 0.25) is 0 Å². The molecule has 3 nitrogen and oxygen atoms in total. The summed E-state index contributed by atoms with van der Waals surface area (Å²) in [6.07, 6.45) is 1.60. The van der Waals surface area contributed by atoms with Crippen molar-refractivity contribution >= 4 is 6.29 Å². The third-order valence-electron chi connectivity index (χ3n) is 1.00. The molecule has 0 aliphatic carbocycles. The predicted octanol–water partition coefficient (Wildman–Crippen LogP) is 0.0976. The van der Waals surface area contributed by atoms with E-state index in [1.165, 1.54) is 0 Å². The maximum absolute atomic E-state index is 9.94. The van der Waals surface area contributed by atoms with Gasteiger partial charge < -0.3 is 9.90 Å². The van der Waals surface area contributed by atoms with Crippen molar-refractivity contribution in [1.29, 1.82) is 5.26 Å². The molecule has 0 aliphatic heterocycles. The summed E-state index contributed by atoms with van der Waals surface area (Å²) in [6, 6.07) is 1.81. The van der Waals surface area contributed by atoms with Crippen molar-refractivity contribution in [2.45, 2.75) is 12.8 Å². The fraction of sp³-hybridized carbons (Fsp3) is 0.667. The van der Waals surface area contributed by atoms with Crippen molar-refractivity contribution in [1.82, 2.24) is 0 Å². The molecule has 1 atom stereocenters. The van der Waals surface area contributed by atoms with E-state index in [9.17, 15) is 4.79 Å². The first-order valence-corrected chi connectivity index (χ1v) is 2.81. The van der Waals surface area contributed by atoms with Crippen molar-refractivity contribution in [2.24, 2.45) is 5.92 Å². The van der Waals surface area contributed by atoms with Crippen molar-refractivity contribution in [2.75, 3.05) is 6.61 Å². The lowest BCUT2D eigenvalue weighted by molar-refractivity contribution is -0.109. The van der Waals surface area contributed by atoms with Crippen LogP contribution in [0.5, 0.6) is 0 Å². The van der Waals surface area contributed by atoms with Crippen LogP contribution in [0.4, 0.5) is 0 Å². The Morgan fingerprint density at radius 2 is 2.44 bits per heavy atom. The number of hydrogen-bond acceptors (Lipinski definition) is 3. The number of carbonyl (C=O) groups is 1. The van der Waals surface area contributed by atoms with Crippen LogP contribution in [0.3, 0.4) is 0 Å². The Hall–Kier alpha value is -0.880. The molecule has 0 radical (unpaired) electrons. The highest BCUT2D eigenvalue weighted by Crippen LogP contribution is 1.99. The number of nitrogens with zero attached hydrogens (tertiary/aromatic N) is 1. The highest BCUT2D eigenvalue weighted by molar-refractivity contribution is 5.57. The van der Waals surface area contributed by atoms with Crippen LogP contribution >= 0.6 is 0 Å². The summed E-state index contributed by atoms with van der Waals surface area (Å²) < 4.78 is 0. The molecule has 1 N–H and O–H groups in total. The molecular formula is C6H9NO2. The van der Waals surface area contributed by atoms with Crippen molar-refractivity contribution in [3.05, 3.63) is 0 Å². The van der Waals surface area contributed by atoms with Gasteiger partial charge in [0.05, 0.1) is 6.07 Å².